The van der Waals surface area contributed by atoms with Crippen LogP contribution in [0.5, 0.6) is 0 Å². The van der Waals surface area contributed by atoms with E-state index in [0.29, 0.717) is 12.2 Å². The quantitative estimate of drug-likeness (QED) is 0.786. The summed E-state index contributed by atoms with van der Waals surface area (Å²) in [5.74, 6) is 0.689. The Labute approximate surface area is 136 Å². The Bertz CT molecular complexity index is 584. The molecule has 3 heteroatoms. The first kappa shape index (κ1) is 16.4. The lowest BCUT2D eigenvalue weighted by atomic mass is 9.96. The number of hydrogen-bond donors (Lipinski definition) is 1. The number of rotatable bonds is 5. The van der Waals surface area contributed by atoms with E-state index < -0.39 is 0 Å². The first-order chi connectivity index (χ1) is 9.95. The normalized spacial score (nSPS) is 12.4. The topological polar surface area (TPSA) is 20.2 Å². The molecule has 1 unspecified atom stereocenters. The molecule has 21 heavy (non-hydrogen) atoms. The van der Waals surface area contributed by atoms with Gasteiger partial charge in [-0.2, -0.15) is 0 Å². The second kappa shape index (κ2) is 7.35. The molecular weight excluding hydrogens is 300 g/mol. The van der Waals surface area contributed by atoms with E-state index in [9.17, 15) is 5.11 Å². The molecule has 112 valence electrons. The highest BCUT2D eigenvalue weighted by Gasteiger charge is 2.11. The van der Waals surface area contributed by atoms with E-state index >= 15 is 0 Å². The maximum absolute atomic E-state index is 10.3. The second-order valence-electron chi connectivity index (χ2n) is 5.50. The number of hydrogen-bond acceptors (Lipinski definition) is 2. The molecule has 0 aromatic heterocycles. The molecule has 0 saturated carbocycles. The van der Waals surface area contributed by atoms with Gasteiger partial charge in [0, 0.05) is 15.7 Å². The number of aliphatic hydroxyl groups excluding tert-OH is 1. The minimum atomic E-state index is -0.342. The van der Waals surface area contributed by atoms with Gasteiger partial charge in [-0.05, 0) is 68.1 Å². The van der Waals surface area contributed by atoms with Crippen LogP contribution in [0.25, 0.3) is 0 Å². The SMILES string of the molecule is Cc1cc(C)c(CC(O)CSc2ccc(Cl)cc2)c(C)c1. The van der Waals surface area contributed by atoms with Gasteiger partial charge in [-0.3, -0.25) is 0 Å². The van der Waals surface area contributed by atoms with Crippen molar-refractivity contribution in [3.8, 4) is 0 Å². The Hall–Kier alpha value is -0.960. The van der Waals surface area contributed by atoms with Crippen molar-refractivity contribution < 1.29 is 5.11 Å². The molecule has 0 aliphatic heterocycles. The fourth-order valence-corrected chi connectivity index (χ4v) is 3.51. The molecular formula is C18H21ClOS. The average Bonchev–Trinajstić information content (AvgIpc) is 2.42. The molecule has 1 atom stereocenters. The number of benzene rings is 2. The Kier molecular flexibility index (Phi) is 5.74. The minimum Gasteiger partial charge on any atom is -0.392 e. The molecule has 2 aromatic carbocycles. The van der Waals surface area contributed by atoms with Crippen molar-refractivity contribution in [3.05, 3.63) is 63.7 Å². The summed E-state index contributed by atoms with van der Waals surface area (Å²) in [4.78, 5) is 1.14. The Morgan fingerprint density at radius 3 is 2.19 bits per heavy atom. The van der Waals surface area contributed by atoms with Gasteiger partial charge in [-0.15, -0.1) is 11.8 Å². The van der Waals surface area contributed by atoms with Gasteiger partial charge < -0.3 is 5.11 Å². The minimum absolute atomic E-state index is 0.342. The van der Waals surface area contributed by atoms with E-state index in [-0.39, 0.29) is 6.10 Å². The molecule has 2 aromatic rings. The van der Waals surface area contributed by atoms with Crippen LogP contribution in [0, 0.1) is 20.8 Å². The van der Waals surface area contributed by atoms with E-state index in [1.807, 2.05) is 24.3 Å². The van der Waals surface area contributed by atoms with Crippen molar-refractivity contribution in [2.45, 2.75) is 38.2 Å². The van der Waals surface area contributed by atoms with Crippen LogP contribution in [0.2, 0.25) is 5.02 Å². The molecule has 0 spiro atoms. The van der Waals surface area contributed by atoms with Gasteiger partial charge >= 0.3 is 0 Å². The fourth-order valence-electron chi connectivity index (χ4n) is 2.55. The maximum Gasteiger partial charge on any atom is 0.0674 e. The highest BCUT2D eigenvalue weighted by Crippen LogP contribution is 2.23. The van der Waals surface area contributed by atoms with Crippen LogP contribution in [-0.4, -0.2) is 17.0 Å². The van der Waals surface area contributed by atoms with Crippen LogP contribution in [0.3, 0.4) is 0 Å². The zero-order valence-electron chi connectivity index (χ0n) is 12.7. The molecule has 0 radical (unpaired) electrons. The van der Waals surface area contributed by atoms with E-state index in [4.69, 9.17) is 11.6 Å². The van der Waals surface area contributed by atoms with E-state index in [1.54, 1.807) is 11.8 Å². The van der Waals surface area contributed by atoms with Gasteiger partial charge in [0.25, 0.3) is 0 Å². The third kappa shape index (κ3) is 4.77. The molecule has 2 rings (SSSR count). The summed E-state index contributed by atoms with van der Waals surface area (Å²) >= 11 is 7.53. The third-order valence-corrected chi connectivity index (χ3v) is 4.95. The Balaban J connectivity index is 1.96. The number of thioether (sulfide) groups is 1. The summed E-state index contributed by atoms with van der Waals surface area (Å²) in [5.41, 5.74) is 5.08. The highest BCUT2D eigenvalue weighted by atomic mass is 35.5. The van der Waals surface area contributed by atoms with Crippen molar-refractivity contribution in [3.63, 3.8) is 0 Å². The van der Waals surface area contributed by atoms with E-state index in [1.165, 1.54) is 22.3 Å². The monoisotopic (exact) mass is 320 g/mol. The zero-order chi connectivity index (χ0) is 15.4. The lowest BCUT2D eigenvalue weighted by Gasteiger charge is -2.15. The molecule has 0 saturated heterocycles. The molecule has 0 amide bonds. The summed E-state index contributed by atoms with van der Waals surface area (Å²) in [6.07, 6.45) is 0.365. The lowest BCUT2D eigenvalue weighted by Crippen LogP contribution is -2.15. The number of aliphatic hydroxyl groups is 1. The molecule has 1 nitrogen and oxygen atoms in total. The first-order valence-corrected chi connectivity index (χ1v) is 8.45. The predicted octanol–water partition coefficient (Wildman–Crippen LogP) is 4.96. The number of halogens is 1. The van der Waals surface area contributed by atoms with Crippen molar-refractivity contribution in [2.24, 2.45) is 0 Å². The molecule has 0 fully saturated rings. The summed E-state index contributed by atoms with van der Waals surface area (Å²) in [7, 11) is 0. The predicted molar refractivity (Wildman–Crippen MR) is 92.5 cm³/mol. The van der Waals surface area contributed by atoms with Crippen LogP contribution in [0.4, 0.5) is 0 Å². The van der Waals surface area contributed by atoms with Crippen LogP contribution < -0.4 is 0 Å². The van der Waals surface area contributed by atoms with Gasteiger partial charge in [0.1, 0.15) is 0 Å². The molecule has 1 N–H and O–H groups in total. The smallest absolute Gasteiger partial charge is 0.0674 e. The van der Waals surface area contributed by atoms with Gasteiger partial charge in [-0.25, -0.2) is 0 Å². The van der Waals surface area contributed by atoms with E-state index in [0.717, 1.165) is 9.92 Å². The van der Waals surface area contributed by atoms with Gasteiger partial charge in [0.2, 0.25) is 0 Å². The van der Waals surface area contributed by atoms with E-state index in [2.05, 4.69) is 32.9 Å². The number of aryl methyl sites for hydroxylation is 3. The van der Waals surface area contributed by atoms with Crippen LogP contribution >= 0.6 is 23.4 Å². The summed E-state index contributed by atoms with van der Waals surface area (Å²) in [6, 6.07) is 12.1. The lowest BCUT2D eigenvalue weighted by molar-refractivity contribution is 0.199. The third-order valence-electron chi connectivity index (χ3n) is 3.54. The Morgan fingerprint density at radius 2 is 1.62 bits per heavy atom. The van der Waals surface area contributed by atoms with Crippen LogP contribution in [0.1, 0.15) is 22.3 Å². The molecule has 0 aliphatic carbocycles. The largest absolute Gasteiger partial charge is 0.392 e. The van der Waals surface area contributed by atoms with Gasteiger partial charge in [-0.1, -0.05) is 29.3 Å². The Morgan fingerprint density at radius 1 is 1.05 bits per heavy atom. The highest BCUT2D eigenvalue weighted by molar-refractivity contribution is 7.99. The molecule has 0 bridgehead atoms. The van der Waals surface area contributed by atoms with Crippen molar-refractivity contribution in [1.29, 1.82) is 0 Å². The summed E-state index contributed by atoms with van der Waals surface area (Å²) < 4.78 is 0. The van der Waals surface area contributed by atoms with Gasteiger partial charge in [0.05, 0.1) is 6.10 Å². The van der Waals surface area contributed by atoms with Crippen molar-refractivity contribution in [1.82, 2.24) is 0 Å². The standard InChI is InChI=1S/C18H21ClOS/c1-12-8-13(2)18(14(3)9-12)10-16(20)11-21-17-6-4-15(19)5-7-17/h4-9,16,20H,10-11H2,1-3H3. The van der Waals surface area contributed by atoms with Crippen LogP contribution in [0.15, 0.2) is 41.3 Å². The maximum atomic E-state index is 10.3. The molecule has 0 heterocycles. The van der Waals surface area contributed by atoms with Crippen molar-refractivity contribution >= 4 is 23.4 Å². The molecule has 0 aliphatic rings. The zero-order valence-corrected chi connectivity index (χ0v) is 14.3. The summed E-state index contributed by atoms with van der Waals surface area (Å²) in [6.45, 7) is 6.35. The average molecular weight is 321 g/mol. The first-order valence-electron chi connectivity index (χ1n) is 7.09. The van der Waals surface area contributed by atoms with Crippen LogP contribution in [-0.2, 0) is 6.42 Å². The summed E-state index contributed by atoms with van der Waals surface area (Å²) in [5, 5.41) is 11.0. The fraction of sp³-hybridized carbons (Fsp3) is 0.333. The van der Waals surface area contributed by atoms with Gasteiger partial charge in [0.15, 0.2) is 0 Å². The second-order valence-corrected chi connectivity index (χ2v) is 7.03. The van der Waals surface area contributed by atoms with Crippen molar-refractivity contribution in [2.75, 3.05) is 5.75 Å².